The molecule has 1 aromatic carbocycles. The standard InChI is InChI=1S/C22H29BrN3O7P/c1-13(2)31-21(28)15(4)25-34(33-16-8-6-5-7-9-16)30-12-17-10-14(3)20(32-17)26-11-18(23)19(27)24-22(26)29/h5-9,11,13-15,17,20,25H,10,12H2,1-4H3,(H,24,27,29). The number of hydrogen-bond donors (Lipinski definition) is 2. The average Bonchev–Trinajstić information content (AvgIpc) is 3.15. The van der Waals surface area contributed by atoms with Crippen LogP contribution in [0.2, 0.25) is 0 Å². The van der Waals surface area contributed by atoms with Crippen LogP contribution in [0, 0.1) is 5.92 Å². The molecular formula is C22H29BrN3O7P. The molecule has 0 amide bonds. The van der Waals surface area contributed by atoms with Crippen LogP contribution >= 0.6 is 24.5 Å². The van der Waals surface area contributed by atoms with E-state index in [1.165, 1.54) is 10.8 Å². The summed E-state index contributed by atoms with van der Waals surface area (Å²) in [4.78, 5) is 38.4. The number of rotatable bonds is 10. The van der Waals surface area contributed by atoms with Gasteiger partial charge in [-0.2, -0.15) is 0 Å². The Labute approximate surface area is 207 Å². The van der Waals surface area contributed by atoms with Gasteiger partial charge in [0.05, 0.1) is 23.3 Å². The molecule has 0 radical (unpaired) electrons. The molecule has 10 nitrogen and oxygen atoms in total. The summed E-state index contributed by atoms with van der Waals surface area (Å²) in [5, 5.41) is 3.06. The number of ether oxygens (including phenoxy) is 2. The van der Waals surface area contributed by atoms with Gasteiger partial charge in [-0.3, -0.25) is 19.1 Å². The van der Waals surface area contributed by atoms with Crippen molar-refractivity contribution in [3.63, 3.8) is 0 Å². The molecule has 2 N–H and O–H groups in total. The number of nitrogens with zero attached hydrogens (tertiary/aromatic N) is 1. The van der Waals surface area contributed by atoms with E-state index in [2.05, 4.69) is 26.0 Å². The molecule has 2 heterocycles. The van der Waals surface area contributed by atoms with Crippen LogP contribution in [-0.2, 0) is 18.8 Å². The molecular weight excluding hydrogens is 529 g/mol. The largest absolute Gasteiger partial charge is 0.462 e. The van der Waals surface area contributed by atoms with Gasteiger partial charge in [-0.15, -0.1) is 0 Å². The van der Waals surface area contributed by atoms with Crippen molar-refractivity contribution < 1.29 is 23.3 Å². The van der Waals surface area contributed by atoms with Gasteiger partial charge in [-0.25, -0.2) is 9.88 Å². The van der Waals surface area contributed by atoms with Crippen molar-refractivity contribution >= 4 is 30.4 Å². The number of benzene rings is 1. The molecule has 2 aromatic rings. The summed E-state index contributed by atoms with van der Waals surface area (Å²) < 4.78 is 24.9. The van der Waals surface area contributed by atoms with Gasteiger partial charge in [0, 0.05) is 12.1 Å². The van der Waals surface area contributed by atoms with E-state index in [9.17, 15) is 14.4 Å². The Morgan fingerprint density at radius 2 is 2.00 bits per heavy atom. The van der Waals surface area contributed by atoms with Crippen LogP contribution in [0.4, 0.5) is 0 Å². The molecule has 186 valence electrons. The number of aromatic amines is 1. The van der Waals surface area contributed by atoms with E-state index in [4.69, 9.17) is 18.5 Å². The first-order valence-corrected chi connectivity index (χ1v) is 12.9. The summed E-state index contributed by atoms with van der Waals surface area (Å²) in [6, 6.07) is 8.49. The van der Waals surface area contributed by atoms with E-state index >= 15 is 0 Å². The predicted molar refractivity (Wildman–Crippen MR) is 130 cm³/mol. The van der Waals surface area contributed by atoms with E-state index in [1.807, 2.05) is 25.1 Å². The van der Waals surface area contributed by atoms with Crippen LogP contribution in [0.15, 0.2) is 50.6 Å². The van der Waals surface area contributed by atoms with Gasteiger partial charge in [0.15, 0.2) is 0 Å². The highest BCUT2D eigenvalue weighted by Crippen LogP contribution is 2.39. The monoisotopic (exact) mass is 557 g/mol. The quantitative estimate of drug-likeness (QED) is 0.336. The first-order chi connectivity index (χ1) is 16.1. The number of carbonyl (C=O) groups is 1. The van der Waals surface area contributed by atoms with Crippen molar-refractivity contribution in [1.29, 1.82) is 0 Å². The highest BCUT2D eigenvalue weighted by Gasteiger charge is 2.35. The number of aromatic nitrogens is 2. The van der Waals surface area contributed by atoms with Crippen molar-refractivity contribution in [2.24, 2.45) is 5.92 Å². The Bertz CT molecular complexity index is 1080. The van der Waals surface area contributed by atoms with Crippen molar-refractivity contribution in [2.75, 3.05) is 6.61 Å². The molecule has 0 bridgehead atoms. The average molecular weight is 558 g/mol. The van der Waals surface area contributed by atoms with Crippen LogP contribution < -0.4 is 20.9 Å². The third kappa shape index (κ3) is 7.23. The molecule has 1 aliphatic rings. The number of hydrogen-bond acceptors (Lipinski definition) is 8. The smallest absolute Gasteiger partial charge is 0.330 e. The van der Waals surface area contributed by atoms with Crippen molar-refractivity contribution in [3.8, 4) is 5.75 Å². The molecule has 1 aliphatic heterocycles. The maximum atomic E-state index is 12.3. The van der Waals surface area contributed by atoms with E-state index < -0.39 is 38.0 Å². The van der Waals surface area contributed by atoms with Gasteiger partial charge in [-0.1, -0.05) is 25.1 Å². The Kier molecular flexibility index (Phi) is 9.44. The lowest BCUT2D eigenvalue weighted by atomic mass is 10.1. The second-order valence-electron chi connectivity index (χ2n) is 8.30. The number of H-pyrrole nitrogens is 1. The molecule has 12 heteroatoms. The summed E-state index contributed by atoms with van der Waals surface area (Å²) in [7, 11) is -1.70. The normalized spacial score (nSPS) is 21.9. The van der Waals surface area contributed by atoms with Crippen LogP contribution in [-0.4, -0.2) is 40.4 Å². The Hall–Kier alpha value is -2.04. The summed E-state index contributed by atoms with van der Waals surface area (Å²) in [6.07, 6.45) is 0.958. The topological polar surface area (TPSA) is 121 Å². The van der Waals surface area contributed by atoms with Gasteiger partial charge in [0.2, 0.25) is 0 Å². The maximum absolute atomic E-state index is 12.3. The minimum absolute atomic E-state index is 0.00160. The number of esters is 1. The molecule has 5 unspecified atom stereocenters. The number of halogens is 1. The Morgan fingerprint density at radius 1 is 1.29 bits per heavy atom. The molecule has 1 saturated heterocycles. The number of carbonyl (C=O) groups excluding carboxylic acids is 1. The predicted octanol–water partition coefficient (Wildman–Crippen LogP) is 3.47. The van der Waals surface area contributed by atoms with Crippen LogP contribution in [0.5, 0.6) is 5.75 Å². The zero-order chi connectivity index (χ0) is 24.8. The number of nitrogens with one attached hydrogen (secondary N) is 2. The lowest BCUT2D eigenvalue weighted by molar-refractivity contribution is -0.149. The summed E-state index contributed by atoms with van der Waals surface area (Å²) in [5.41, 5.74) is -1.04. The SMILES string of the molecule is CC(C)OC(=O)C(C)NP(OCC1CC(C)C(n2cc(Br)c(=O)[nH]c2=O)O1)Oc1ccccc1. The first kappa shape index (κ1) is 26.6. The van der Waals surface area contributed by atoms with Crippen molar-refractivity contribution in [2.45, 2.75) is 58.6 Å². The fourth-order valence-corrected chi connectivity index (χ4v) is 4.91. The second kappa shape index (κ2) is 12.1. The first-order valence-electron chi connectivity index (χ1n) is 10.9. The second-order valence-corrected chi connectivity index (χ2v) is 10.4. The maximum Gasteiger partial charge on any atom is 0.330 e. The van der Waals surface area contributed by atoms with Gasteiger partial charge in [0.25, 0.3) is 5.56 Å². The van der Waals surface area contributed by atoms with Gasteiger partial charge < -0.3 is 18.5 Å². The third-order valence-corrected chi connectivity index (χ3v) is 6.89. The molecule has 0 saturated carbocycles. The summed E-state index contributed by atoms with van der Waals surface area (Å²) in [6.45, 7) is 7.39. The minimum atomic E-state index is -1.70. The Balaban J connectivity index is 1.66. The minimum Gasteiger partial charge on any atom is -0.462 e. The zero-order valence-corrected chi connectivity index (χ0v) is 21.9. The van der Waals surface area contributed by atoms with E-state index in [0.717, 1.165) is 0 Å². The summed E-state index contributed by atoms with van der Waals surface area (Å²) in [5.74, 6) is 0.184. The lowest BCUT2D eigenvalue weighted by Crippen LogP contribution is -2.35. The molecule has 1 aromatic heterocycles. The Morgan fingerprint density at radius 3 is 2.68 bits per heavy atom. The van der Waals surface area contributed by atoms with Crippen molar-refractivity contribution in [1.82, 2.24) is 14.6 Å². The molecule has 5 atom stereocenters. The van der Waals surface area contributed by atoms with Crippen LogP contribution in [0.1, 0.15) is 40.3 Å². The van der Waals surface area contributed by atoms with E-state index in [0.29, 0.717) is 12.2 Å². The van der Waals surface area contributed by atoms with Gasteiger partial charge in [-0.05, 0) is 55.3 Å². The molecule has 3 rings (SSSR count). The molecule has 34 heavy (non-hydrogen) atoms. The third-order valence-electron chi connectivity index (χ3n) is 4.97. The summed E-state index contributed by atoms with van der Waals surface area (Å²) >= 11 is 3.15. The van der Waals surface area contributed by atoms with Gasteiger partial charge in [0.1, 0.15) is 18.0 Å². The highest BCUT2D eigenvalue weighted by molar-refractivity contribution is 9.10. The lowest BCUT2D eigenvalue weighted by Gasteiger charge is -2.23. The van der Waals surface area contributed by atoms with E-state index in [-0.39, 0.29) is 29.2 Å². The van der Waals surface area contributed by atoms with Crippen LogP contribution in [0.25, 0.3) is 0 Å². The van der Waals surface area contributed by atoms with E-state index in [1.54, 1.807) is 32.9 Å². The molecule has 0 spiro atoms. The fraction of sp³-hybridized carbons (Fsp3) is 0.500. The molecule has 0 aliphatic carbocycles. The highest BCUT2D eigenvalue weighted by atomic mass is 79.9. The number of para-hydroxylation sites is 1. The van der Waals surface area contributed by atoms with Crippen LogP contribution in [0.3, 0.4) is 0 Å². The van der Waals surface area contributed by atoms with Crippen molar-refractivity contribution in [3.05, 3.63) is 61.8 Å². The zero-order valence-electron chi connectivity index (χ0n) is 19.4. The fourth-order valence-electron chi connectivity index (χ4n) is 3.38. The van der Waals surface area contributed by atoms with Gasteiger partial charge >= 0.3 is 20.2 Å². The molecule has 1 fully saturated rings.